The zero-order chi connectivity index (χ0) is 20.9. The minimum Gasteiger partial charge on any atom is -0.471 e. The molecule has 154 valence electrons. The molecule has 0 spiro atoms. The molecule has 4 rings (SSSR count). The monoisotopic (exact) mass is 409 g/mol. The second kappa shape index (κ2) is 8.79. The van der Waals surface area contributed by atoms with Gasteiger partial charge in [-0.15, -0.1) is 0 Å². The molecule has 1 N–H and O–H groups in total. The van der Waals surface area contributed by atoms with E-state index in [0.717, 1.165) is 5.69 Å². The summed E-state index contributed by atoms with van der Waals surface area (Å²) < 4.78 is 25.0. The number of hydrogen-bond donors (Lipinski definition) is 1. The molecule has 0 atom stereocenters. The maximum Gasteiger partial charge on any atom is 0.415 e. The van der Waals surface area contributed by atoms with Crippen molar-refractivity contribution in [2.75, 3.05) is 25.7 Å². The third kappa shape index (κ3) is 4.49. The summed E-state index contributed by atoms with van der Waals surface area (Å²) in [5, 5.41) is 0. The van der Waals surface area contributed by atoms with Gasteiger partial charge in [0.05, 0.1) is 25.9 Å². The molecule has 2 heterocycles. The van der Waals surface area contributed by atoms with E-state index in [-0.39, 0.29) is 11.9 Å². The topological polar surface area (TPSA) is 72.9 Å². The highest BCUT2D eigenvalue weighted by atomic mass is 19.1. The molecule has 1 saturated heterocycles. The highest BCUT2D eigenvalue weighted by Crippen LogP contribution is 2.24. The van der Waals surface area contributed by atoms with Gasteiger partial charge >= 0.3 is 6.09 Å². The fourth-order valence-corrected chi connectivity index (χ4v) is 3.01. The van der Waals surface area contributed by atoms with Crippen LogP contribution in [-0.2, 0) is 4.84 Å². The quantitative estimate of drug-likeness (QED) is 0.618. The van der Waals surface area contributed by atoms with E-state index in [2.05, 4.69) is 10.5 Å². The van der Waals surface area contributed by atoms with Crippen LogP contribution in [0.4, 0.5) is 14.9 Å². The number of nitrogens with zero attached hydrogens (tertiary/aromatic N) is 2. The zero-order valence-electron chi connectivity index (χ0n) is 16.2. The zero-order valence-corrected chi connectivity index (χ0v) is 16.2. The largest absolute Gasteiger partial charge is 0.471 e. The number of anilines is 1. The van der Waals surface area contributed by atoms with Crippen LogP contribution < -0.4 is 15.0 Å². The van der Waals surface area contributed by atoms with Crippen molar-refractivity contribution in [2.24, 2.45) is 0 Å². The Bertz CT molecular complexity index is 1010. The first-order valence-corrected chi connectivity index (χ1v) is 9.36. The summed E-state index contributed by atoms with van der Waals surface area (Å²) in [5.74, 6) is 0.566. The molecule has 7 nitrogen and oxygen atoms in total. The van der Waals surface area contributed by atoms with Crippen LogP contribution >= 0.6 is 0 Å². The van der Waals surface area contributed by atoms with Gasteiger partial charge in [0.15, 0.2) is 0 Å². The molecule has 0 unspecified atom stereocenters. The molecular formula is C22H20FN3O4. The molecule has 30 heavy (non-hydrogen) atoms. The summed E-state index contributed by atoms with van der Waals surface area (Å²) in [6, 6.07) is 16.8. The lowest BCUT2D eigenvalue weighted by Crippen LogP contribution is -2.57. The van der Waals surface area contributed by atoms with Crippen LogP contribution in [-0.4, -0.2) is 42.3 Å². The number of carbonyl (C=O) groups is 1. The summed E-state index contributed by atoms with van der Waals surface area (Å²) in [7, 11) is 1.52. The number of halogens is 1. The second-order valence-corrected chi connectivity index (χ2v) is 6.71. The number of pyridine rings is 1. The van der Waals surface area contributed by atoms with Crippen molar-refractivity contribution in [3.05, 3.63) is 72.7 Å². The molecule has 2 aromatic carbocycles. The molecule has 8 heteroatoms. The first-order valence-electron chi connectivity index (χ1n) is 9.36. The molecule has 0 bridgehead atoms. The smallest absolute Gasteiger partial charge is 0.415 e. The molecule has 0 saturated carbocycles. The number of likely N-dealkylation sites (tertiary alicyclic amines) is 1. The van der Waals surface area contributed by atoms with E-state index >= 15 is 0 Å². The van der Waals surface area contributed by atoms with E-state index in [9.17, 15) is 9.18 Å². The van der Waals surface area contributed by atoms with Crippen LogP contribution in [0.25, 0.3) is 11.1 Å². The first-order chi connectivity index (χ1) is 14.6. The van der Waals surface area contributed by atoms with Crippen molar-refractivity contribution in [3.8, 4) is 22.8 Å². The average molecular weight is 409 g/mol. The maximum atomic E-state index is 13.9. The van der Waals surface area contributed by atoms with Crippen molar-refractivity contribution in [1.82, 2.24) is 9.88 Å². The summed E-state index contributed by atoms with van der Waals surface area (Å²) in [6.07, 6.45) is 0.961. The van der Waals surface area contributed by atoms with Gasteiger partial charge in [-0.1, -0.05) is 18.2 Å². The van der Waals surface area contributed by atoms with Crippen LogP contribution in [0, 0.1) is 5.82 Å². The van der Waals surface area contributed by atoms with Crippen molar-refractivity contribution < 1.29 is 23.5 Å². The number of carbonyl (C=O) groups excluding carboxylic acids is 1. The molecule has 1 amide bonds. The van der Waals surface area contributed by atoms with E-state index in [4.69, 9.17) is 14.3 Å². The van der Waals surface area contributed by atoms with Gasteiger partial charge in [0.2, 0.25) is 5.88 Å². The Hall–Kier alpha value is -3.65. The van der Waals surface area contributed by atoms with E-state index in [0.29, 0.717) is 35.8 Å². The van der Waals surface area contributed by atoms with Crippen molar-refractivity contribution in [2.45, 2.75) is 6.10 Å². The number of nitrogens with one attached hydrogen (secondary N) is 1. The number of benzene rings is 2. The predicted octanol–water partition coefficient (Wildman–Crippen LogP) is 4.12. The number of ether oxygens (including phenoxy) is 2. The summed E-state index contributed by atoms with van der Waals surface area (Å²) >= 11 is 0. The molecule has 1 aliphatic rings. The highest BCUT2D eigenvalue weighted by Gasteiger charge is 2.34. The Morgan fingerprint density at radius 2 is 1.87 bits per heavy atom. The average Bonchev–Trinajstić information content (AvgIpc) is 2.73. The van der Waals surface area contributed by atoms with E-state index in [1.807, 2.05) is 0 Å². The highest BCUT2D eigenvalue weighted by molar-refractivity contribution is 5.72. The number of rotatable bonds is 6. The van der Waals surface area contributed by atoms with Crippen molar-refractivity contribution in [1.29, 1.82) is 0 Å². The van der Waals surface area contributed by atoms with E-state index < -0.39 is 6.09 Å². The fourth-order valence-electron chi connectivity index (χ4n) is 3.01. The molecule has 1 aliphatic heterocycles. The standard InChI is InChI=1S/C22H20FN3O4/c1-28-25-16-7-9-17(10-8-16)30-22(27)26-13-18(14-26)29-21-11-6-15(12-24-21)19-4-2-3-5-20(19)23/h2-12,18,25H,13-14H2,1H3. The SMILES string of the molecule is CONc1ccc(OC(=O)N2CC(Oc3ccc(-c4ccccc4F)cn3)C2)cc1. The third-order valence-corrected chi connectivity index (χ3v) is 4.59. The third-order valence-electron chi connectivity index (χ3n) is 4.59. The lowest BCUT2D eigenvalue weighted by Gasteiger charge is -2.37. The predicted molar refractivity (Wildman–Crippen MR) is 109 cm³/mol. The van der Waals surface area contributed by atoms with Gasteiger partial charge in [-0.25, -0.2) is 14.2 Å². The lowest BCUT2D eigenvalue weighted by atomic mass is 10.1. The van der Waals surface area contributed by atoms with Gasteiger partial charge in [-0.05, 0) is 36.4 Å². The molecule has 1 aromatic heterocycles. The van der Waals surface area contributed by atoms with E-state index in [1.54, 1.807) is 65.7 Å². The number of amides is 1. The van der Waals surface area contributed by atoms with Crippen LogP contribution in [0.5, 0.6) is 11.6 Å². The van der Waals surface area contributed by atoms with Crippen LogP contribution in [0.2, 0.25) is 0 Å². The van der Waals surface area contributed by atoms with Gasteiger partial charge in [0.1, 0.15) is 17.7 Å². The number of hydrogen-bond acceptors (Lipinski definition) is 6. The Kier molecular flexibility index (Phi) is 5.76. The first kappa shape index (κ1) is 19.7. The minimum atomic E-state index is -0.440. The summed E-state index contributed by atoms with van der Waals surface area (Å²) in [4.78, 5) is 22.8. The Morgan fingerprint density at radius 1 is 1.10 bits per heavy atom. The second-order valence-electron chi connectivity index (χ2n) is 6.71. The minimum absolute atomic E-state index is 0.169. The van der Waals surface area contributed by atoms with Gasteiger partial charge < -0.3 is 14.4 Å². The van der Waals surface area contributed by atoms with Gasteiger partial charge in [-0.3, -0.25) is 10.3 Å². The Balaban J connectivity index is 1.26. The van der Waals surface area contributed by atoms with E-state index in [1.165, 1.54) is 13.2 Å². The molecule has 3 aromatic rings. The Morgan fingerprint density at radius 3 is 2.53 bits per heavy atom. The van der Waals surface area contributed by atoms with Gasteiger partial charge in [0.25, 0.3) is 0 Å². The number of aromatic nitrogens is 1. The lowest BCUT2D eigenvalue weighted by molar-refractivity contribution is 0.0259. The van der Waals surface area contributed by atoms with Crippen molar-refractivity contribution in [3.63, 3.8) is 0 Å². The van der Waals surface area contributed by atoms with Crippen LogP contribution in [0.1, 0.15) is 0 Å². The Labute approximate surface area is 173 Å². The molecule has 0 aliphatic carbocycles. The van der Waals surface area contributed by atoms with Gasteiger partial charge in [0, 0.05) is 23.4 Å². The summed E-state index contributed by atoms with van der Waals surface area (Å²) in [5.41, 5.74) is 4.60. The molecule has 0 radical (unpaired) electrons. The van der Waals surface area contributed by atoms with Crippen LogP contribution in [0.3, 0.4) is 0 Å². The summed E-state index contributed by atoms with van der Waals surface area (Å²) in [6.45, 7) is 0.803. The van der Waals surface area contributed by atoms with Gasteiger partial charge in [-0.2, -0.15) is 0 Å². The van der Waals surface area contributed by atoms with Crippen molar-refractivity contribution >= 4 is 11.8 Å². The normalized spacial score (nSPS) is 13.5. The van der Waals surface area contributed by atoms with Crippen LogP contribution in [0.15, 0.2) is 66.9 Å². The molecular weight excluding hydrogens is 389 g/mol. The molecule has 1 fully saturated rings. The maximum absolute atomic E-state index is 13.9. The fraction of sp³-hybridized carbons (Fsp3) is 0.182.